The van der Waals surface area contributed by atoms with E-state index in [9.17, 15) is 0 Å². The van der Waals surface area contributed by atoms with E-state index in [0.29, 0.717) is 30.7 Å². The van der Waals surface area contributed by atoms with E-state index in [4.69, 9.17) is 32.7 Å². The summed E-state index contributed by atoms with van der Waals surface area (Å²) in [5, 5.41) is 0. The second kappa shape index (κ2) is 7.40. The van der Waals surface area contributed by atoms with E-state index in [-0.39, 0.29) is 6.01 Å². The summed E-state index contributed by atoms with van der Waals surface area (Å²) < 4.78 is 10.1. The third-order valence-corrected chi connectivity index (χ3v) is 2.48. The topological polar surface area (TPSA) is 47.5 Å². The molecule has 0 spiro atoms. The van der Waals surface area contributed by atoms with Crippen LogP contribution in [-0.4, -0.2) is 49.0 Å². The lowest BCUT2D eigenvalue weighted by molar-refractivity contribution is 0.352. The minimum absolute atomic E-state index is 0.266. The van der Waals surface area contributed by atoms with E-state index in [1.54, 1.807) is 13.3 Å². The molecule has 0 fully saturated rings. The van der Waals surface area contributed by atoms with E-state index in [1.807, 2.05) is 4.90 Å². The van der Waals surface area contributed by atoms with Crippen LogP contribution in [0.3, 0.4) is 0 Å². The number of hydrogen-bond acceptors (Lipinski definition) is 5. The Morgan fingerprint density at radius 2 is 1.82 bits per heavy atom. The van der Waals surface area contributed by atoms with Gasteiger partial charge in [0.15, 0.2) is 0 Å². The predicted molar refractivity (Wildman–Crippen MR) is 68.8 cm³/mol. The van der Waals surface area contributed by atoms with E-state index >= 15 is 0 Å². The second-order valence-electron chi connectivity index (χ2n) is 3.12. The van der Waals surface area contributed by atoms with Crippen LogP contribution in [0.2, 0.25) is 0 Å². The maximum Gasteiger partial charge on any atom is 0.319 e. The lowest BCUT2D eigenvalue weighted by atomic mass is 10.4. The summed E-state index contributed by atoms with van der Waals surface area (Å²) in [5.74, 6) is 1.44. The molecule has 0 radical (unpaired) electrons. The largest absolute Gasteiger partial charge is 0.479 e. The highest BCUT2D eigenvalue weighted by Crippen LogP contribution is 2.26. The first-order valence-electron chi connectivity index (χ1n) is 5.08. The van der Waals surface area contributed by atoms with Crippen LogP contribution in [0.25, 0.3) is 0 Å². The van der Waals surface area contributed by atoms with Crippen LogP contribution in [0.5, 0.6) is 11.9 Å². The van der Waals surface area contributed by atoms with Crippen molar-refractivity contribution in [1.82, 2.24) is 9.97 Å². The predicted octanol–water partition coefficient (Wildman–Crippen LogP) is 1.78. The van der Waals surface area contributed by atoms with Gasteiger partial charge >= 0.3 is 6.01 Å². The SMILES string of the molecule is COc1ncc(N(CCCl)CCCl)c(OC)n1. The van der Waals surface area contributed by atoms with Crippen LogP contribution in [0.15, 0.2) is 6.20 Å². The summed E-state index contributed by atoms with van der Waals surface area (Å²) in [6, 6.07) is 0.266. The quantitative estimate of drug-likeness (QED) is 0.712. The van der Waals surface area contributed by atoms with Gasteiger partial charge in [-0.3, -0.25) is 0 Å². The van der Waals surface area contributed by atoms with Crippen LogP contribution in [0, 0.1) is 0 Å². The Bertz CT molecular complexity index is 346. The molecule has 0 bridgehead atoms. The Kier molecular flexibility index (Phi) is 6.15. The van der Waals surface area contributed by atoms with Crippen molar-refractivity contribution in [3.8, 4) is 11.9 Å². The van der Waals surface area contributed by atoms with Gasteiger partial charge in [-0.15, -0.1) is 23.2 Å². The number of methoxy groups -OCH3 is 2. The van der Waals surface area contributed by atoms with Gasteiger partial charge in [-0.05, 0) is 0 Å². The van der Waals surface area contributed by atoms with E-state index in [1.165, 1.54) is 7.11 Å². The fourth-order valence-corrected chi connectivity index (χ4v) is 1.77. The highest BCUT2D eigenvalue weighted by molar-refractivity contribution is 6.18. The lowest BCUT2D eigenvalue weighted by Gasteiger charge is -2.23. The molecular formula is C10H15Cl2N3O2. The first-order chi connectivity index (χ1) is 8.26. The van der Waals surface area contributed by atoms with Gasteiger partial charge in [-0.1, -0.05) is 0 Å². The summed E-state index contributed by atoms with van der Waals surface area (Å²) in [7, 11) is 3.05. The maximum atomic E-state index is 5.74. The van der Waals surface area contributed by atoms with Crippen molar-refractivity contribution in [3.05, 3.63) is 6.20 Å². The standard InChI is InChI=1S/C10H15Cl2N3O2/c1-16-9-8(7-13-10(14-9)17-2)15(5-3-11)6-4-12/h7H,3-6H2,1-2H3. The zero-order valence-corrected chi connectivity index (χ0v) is 11.3. The van der Waals surface area contributed by atoms with Crippen molar-refractivity contribution in [2.24, 2.45) is 0 Å². The molecule has 0 aliphatic carbocycles. The molecule has 0 aromatic carbocycles. The molecule has 5 nitrogen and oxygen atoms in total. The maximum absolute atomic E-state index is 5.74. The van der Waals surface area contributed by atoms with Crippen LogP contribution < -0.4 is 14.4 Å². The molecule has 96 valence electrons. The zero-order chi connectivity index (χ0) is 12.7. The van der Waals surface area contributed by atoms with Gasteiger partial charge in [0.2, 0.25) is 5.88 Å². The fourth-order valence-electron chi connectivity index (χ4n) is 1.37. The summed E-state index contributed by atoms with van der Waals surface area (Å²) in [6.45, 7) is 1.31. The molecule has 0 aliphatic heterocycles. The highest BCUT2D eigenvalue weighted by Gasteiger charge is 2.14. The van der Waals surface area contributed by atoms with Gasteiger partial charge in [0.1, 0.15) is 5.69 Å². The number of ether oxygens (including phenoxy) is 2. The normalized spacial score (nSPS) is 10.1. The molecule has 1 aromatic rings. The summed E-state index contributed by atoms with van der Waals surface area (Å²) >= 11 is 11.5. The number of nitrogens with zero attached hydrogens (tertiary/aromatic N) is 3. The van der Waals surface area contributed by atoms with Crippen LogP contribution in [0.4, 0.5) is 5.69 Å². The number of alkyl halides is 2. The molecule has 1 heterocycles. The number of anilines is 1. The first kappa shape index (κ1) is 14.1. The van der Waals surface area contributed by atoms with Gasteiger partial charge in [0.05, 0.1) is 20.4 Å². The van der Waals surface area contributed by atoms with Crippen molar-refractivity contribution in [3.63, 3.8) is 0 Å². The van der Waals surface area contributed by atoms with Gasteiger partial charge in [0.25, 0.3) is 0 Å². The van der Waals surface area contributed by atoms with Gasteiger partial charge in [-0.25, -0.2) is 4.98 Å². The molecule has 7 heteroatoms. The molecule has 0 atom stereocenters. The summed E-state index contributed by atoms with van der Waals surface area (Å²) in [5.41, 5.74) is 0.759. The fraction of sp³-hybridized carbons (Fsp3) is 0.600. The van der Waals surface area contributed by atoms with Crippen molar-refractivity contribution in [1.29, 1.82) is 0 Å². The minimum Gasteiger partial charge on any atom is -0.479 e. The lowest BCUT2D eigenvalue weighted by Crippen LogP contribution is -2.28. The van der Waals surface area contributed by atoms with Crippen LogP contribution in [0.1, 0.15) is 0 Å². The molecule has 0 aliphatic rings. The molecule has 0 amide bonds. The van der Waals surface area contributed by atoms with Crippen LogP contribution >= 0.6 is 23.2 Å². The smallest absolute Gasteiger partial charge is 0.319 e. The summed E-state index contributed by atoms with van der Waals surface area (Å²) in [4.78, 5) is 10.1. The first-order valence-corrected chi connectivity index (χ1v) is 6.15. The van der Waals surface area contributed by atoms with Crippen molar-refractivity contribution >= 4 is 28.9 Å². The molecular weight excluding hydrogens is 265 g/mol. The Morgan fingerprint density at radius 1 is 1.18 bits per heavy atom. The van der Waals surface area contributed by atoms with E-state index in [0.717, 1.165) is 5.69 Å². The third kappa shape index (κ3) is 3.78. The average molecular weight is 280 g/mol. The molecule has 1 aromatic heterocycles. The monoisotopic (exact) mass is 279 g/mol. The van der Waals surface area contributed by atoms with Crippen molar-refractivity contribution in [2.75, 3.05) is 44.0 Å². The number of aromatic nitrogens is 2. The molecule has 17 heavy (non-hydrogen) atoms. The molecule has 0 unspecified atom stereocenters. The number of rotatable bonds is 7. The Morgan fingerprint density at radius 3 is 2.29 bits per heavy atom. The van der Waals surface area contributed by atoms with Gasteiger partial charge in [-0.2, -0.15) is 4.98 Å². The molecule has 0 saturated carbocycles. The Hall–Kier alpha value is -0.940. The van der Waals surface area contributed by atoms with Gasteiger partial charge < -0.3 is 14.4 Å². The highest BCUT2D eigenvalue weighted by atomic mass is 35.5. The van der Waals surface area contributed by atoms with Crippen molar-refractivity contribution in [2.45, 2.75) is 0 Å². The average Bonchev–Trinajstić information content (AvgIpc) is 2.37. The van der Waals surface area contributed by atoms with Crippen molar-refractivity contribution < 1.29 is 9.47 Å². The van der Waals surface area contributed by atoms with E-state index < -0.39 is 0 Å². The summed E-state index contributed by atoms with van der Waals surface area (Å²) in [6.07, 6.45) is 1.64. The number of hydrogen-bond donors (Lipinski definition) is 0. The van der Waals surface area contributed by atoms with Gasteiger partial charge in [0, 0.05) is 24.8 Å². The molecule has 1 rings (SSSR count). The Labute approximate surface area is 111 Å². The minimum atomic E-state index is 0.266. The third-order valence-electron chi connectivity index (χ3n) is 2.14. The number of halogens is 2. The molecule has 0 saturated heterocycles. The van der Waals surface area contributed by atoms with E-state index in [2.05, 4.69) is 9.97 Å². The van der Waals surface area contributed by atoms with Crippen LogP contribution in [-0.2, 0) is 0 Å². The molecule has 0 N–H and O–H groups in total. The zero-order valence-electron chi connectivity index (χ0n) is 9.82. The second-order valence-corrected chi connectivity index (χ2v) is 3.87. The Balaban J connectivity index is 2.99.